The summed E-state index contributed by atoms with van der Waals surface area (Å²) in [7, 11) is 0. The van der Waals surface area contributed by atoms with Crippen molar-refractivity contribution in [3.8, 4) is 6.07 Å². The van der Waals surface area contributed by atoms with Gasteiger partial charge in [0, 0.05) is 5.69 Å². The molecule has 1 saturated carbocycles. The summed E-state index contributed by atoms with van der Waals surface area (Å²) in [5.41, 5.74) is -1.06. The zero-order chi connectivity index (χ0) is 14.8. The predicted octanol–water partition coefficient (Wildman–Crippen LogP) is 3.29. The van der Waals surface area contributed by atoms with Gasteiger partial charge < -0.3 is 10.4 Å². The average Bonchev–Trinajstić information content (AvgIpc) is 2.40. The zero-order valence-corrected chi connectivity index (χ0v) is 10.7. The highest BCUT2D eigenvalue weighted by atomic mass is 19.4. The largest absolute Gasteiger partial charge is 0.417 e. The second-order valence-electron chi connectivity index (χ2n) is 4.97. The summed E-state index contributed by atoms with van der Waals surface area (Å²) in [5.74, 6) is 0. The smallest absolute Gasteiger partial charge is 0.391 e. The molecule has 2 rings (SSSR count). The van der Waals surface area contributed by atoms with Crippen LogP contribution in [0.15, 0.2) is 18.2 Å². The summed E-state index contributed by atoms with van der Waals surface area (Å²) in [6.07, 6.45) is -1.86. The quantitative estimate of drug-likeness (QED) is 0.876. The van der Waals surface area contributed by atoms with Gasteiger partial charge in [0.1, 0.15) is 0 Å². The number of nitrogens with one attached hydrogen (secondary N) is 1. The molecule has 0 bridgehead atoms. The first-order chi connectivity index (χ1) is 9.41. The third-order valence-electron chi connectivity index (χ3n) is 3.53. The van der Waals surface area contributed by atoms with Crippen molar-refractivity contribution in [1.82, 2.24) is 0 Å². The van der Waals surface area contributed by atoms with E-state index in [-0.39, 0.29) is 11.7 Å². The van der Waals surface area contributed by atoms with Crippen molar-refractivity contribution in [2.75, 3.05) is 5.32 Å². The van der Waals surface area contributed by atoms with Crippen LogP contribution in [0.2, 0.25) is 0 Å². The van der Waals surface area contributed by atoms with E-state index in [1.165, 1.54) is 6.07 Å². The van der Waals surface area contributed by atoms with E-state index in [9.17, 15) is 18.3 Å². The van der Waals surface area contributed by atoms with E-state index in [1.807, 2.05) is 0 Å². The maximum Gasteiger partial charge on any atom is 0.417 e. The molecule has 0 unspecified atom stereocenters. The first kappa shape index (κ1) is 14.7. The van der Waals surface area contributed by atoms with Crippen molar-refractivity contribution < 1.29 is 18.3 Å². The van der Waals surface area contributed by atoms with Crippen LogP contribution in [0, 0.1) is 11.3 Å². The van der Waals surface area contributed by atoms with Gasteiger partial charge >= 0.3 is 6.18 Å². The van der Waals surface area contributed by atoms with Gasteiger partial charge in [-0.15, -0.1) is 0 Å². The van der Waals surface area contributed by atoms with Gasteiger partial charge in [-0.3, -0.25) is 0 Å². The molecule has 0 aromatic heterocycles. The van der Waals surface area contributed by atoms with Crippen molar-refractivity contribution in [3.63, 3.8) is 0 Å². The molecule has 3 nitrogen and oxygen atoms in total. The molecule has 6 heteroatoms. The number of rotatable bonds is 2. The van der Waals surface area contributed by atoms with Gasteiger partial charge in [-0.25, -0.2) is 0 Å². The van der Waals surface area contributed by atoms with Gasteiger partial charge in [-0.05, 0) is 31.0 Å². The molecule has 0 radical (unpaired) electrons. The fourth-order valence-corrected chi connectivity index (χ4v) is 2.46. The van der Waals surface area contributed by atoms with Crippen molar-refractivity contribution in [1.29, 1.82) is 5.26 Å². The van der Waals surface area contributed by atoms with E-state index in [1.54, 1.807) is 6.07 Å². The normalized spacial score (nSPS) is 23.1. The summed E-state index contributed by atoms with van der Waals surface area (Å²) in [6, 6.07) is 4.83. The van der Waals surface area contributed by atoms with Crippen LogP contribution >= 0.6 is 0 Å². The maximum absolute atomic E-state index is 12.8. The van der Waals surface area contributed by atoms with Crippen molar-refractivity contribution in [3.05, 3.63) is 29.3 Å². The highest BCUT2D eigenvalue weighted by Gasteiger charge is 2.34. The van der Waals surface area contributed by atoms with Crippen molar-refractivity contribution in [2.24, 2.45) is 0 Å². The number of aliphatic hydroxyl groups excluding tert-OH is 1. The van der Waals surface area contributed by atoms with Gasteiger partial charge in [0.2, 0.25) is 0 Å². The Morgan fingerprint density at radius 3 is 2.55 bits per heavy atom. The van der Waals surface area contributed by atoms with Crippen LogP contribution in [-0.2, 0) is 6.18 Å². The molecule has 1 aliphatic carbocycles. The molecule has 2 atom stereocenters. The van der Waals surface area contributed by atoms with Gasteiger partial charge in [0.25, 0.3) is 0 Å². The molecule has 0 heterocycles. The Labute approximate surface area is 115 Å². The lowest BCUT2D eigenvalue weighted by molar-refractivity contribution is -0.137. The summed E-state index contributed by atoms with van der Waals surface area (Å²) >= 11 is 0. The summed E-state index contributed by atoms with van der Waals surface area (Å²) < 4.78 is 38.5. The Morgan fingerprint density at radius 2 is 1.95 bits per heavy atom. The minimum atomic E-state index is -4.56. The van der Waals surface area contributed by atoms with Gasteiger partial charge in [0.15, 0.2) is 0 Å². The number of halogens is 3. The number of hydrogen-bond donors (Lipinski definition) is 2. The molecule has 0 spiro atoms. The average molecular weight is 284 g/mol. The summed E-state index contributed by atoms with van der Waals surface area (Å²) in [6.45, 7) is 0. The molecule has 1 fully saturated rings. The summed E-state index contributed by atoms with van der Waals surface area (Å²) in [4.78, 5) is 0. The van der Waals surface area contributed by atoms with Crippen LogP contribution in [0.3, 0.4) is 0 Å². The third-order valence-corrected chi connectivity index (χ3v) is 3.53. The lowest BCUT2D eigenvalue weighted by Gasteiger charge is -2.29. The first-order valence-corrected chi connectivity index (χ1v) is 6.48. The Bertz CT molecular complexity index is 522. The SMILES string of the molecule is N#Cc1ccc(N[C@H]2CCCC[C@@H]2O)cc1C(F)(F)F. The molecule has 0 saturated heterocycles. The monoisotopic (exact) mass is 284 g/mol. The minimum Gasteiger partial charge on any atom is -0.391 e. The van der Waals surface area contributed by atoms with Gasteiger partial charge in [-0.2, -0.15) is 18.4 Å². The molecule has 108 valence electrons. The number of benzene rings is 1. The van der Waals surface area contributed by atoms with Crippen LogP contribution in [-0.4, -0.2) is 17.3 Å². The van der Waals surface area contributed by atoms with Crippen LogP contribution in [0.5, 0.6) is 0 Å². The lowest BCUT2D eigenvalue weighted by Crippen LogP contribution is -2.36. The Morgan fingerprint density at radius 1 is 1.25 bits per heavy atom. The van der Waals surface area contributed by atoms with E-state index >= 15 is 0 Å². The molecule has 1 aromatic carbocycles. The second-order valence-corrected chi connectivity index (χ2v) is 4.97. The van der Waals surface area contributed by atoms with Gasteiger partial charge in [0.05, 0.1) is 29.3 Å². The Kier molecular flexibility index (Phi) is 4.19. The topological polar surface area (TPSA) is 56.0 Å². The van der Waals surface area contributed by atoms with Crippen molar-refractivity contribution >= 4 is 5.69 Å². The molecule has 1 aromatic rings. The Hall–Kier alpha value is -1.74. The molecular formula is C14H15F3N2O. The highest BCUT2D eigenvalue weighted by molar-refractivity contribution is 5.53. The Balaban J connectivity index is 2.23. The third kappa shape index (κ3) is 3.23. The fraction of sp³-hybridized carbons (Fsp3) is 0.500. The van der Waals surface area contributed by atoms with E-state index < -0.39 is 23.4 Å². The molecule has 20 heavy (non-hydrogen) atoms. The summed E-state index contributed by atoms with van der Waals surface area (Å²) in [5, 5.41) is 21.5. The fourth-order valence-electron chi connectivity index (χ4n) is 2.46. The van der Waals surface area contributed by atoms with Crippen LogP contribution in [0.25, 0.3) is 0 Å². The van der Waals surface area contributed by atoms with E-state index in [0.29, 0.717) is 6.42 Å². The first-order valence-electron chi connectivity index (χ1n) is 6.48. The van der Waals surface area contributed by atoms with Crippen LogP contribution in [0.4, 0.5) is 18.9 Å². The number of anilines is 1. The lowest BCUT2D eigenvalue weighted by atomic mass is 9.92. The maximum atomic E-state index is 12.8. The number of alkyl halides is 3. The standard InChI is InChI=1S/C14H15F3N2O/c15-14(16,17)11-7-10(6-5-9(11)8-18)19-12-3-1-2-4-13(12)20/h5-7,12-13,19-20H,1-4H2/t12-,13-/m0/s1. The number of hydrogen-bond acceptors (Lipinski definition) is 3. The van der Waals surface area contributed by atoms with Crippen LogP contribution < -0.4 is 5.32 Å². The molecular weight excluding hydrogens is 269 g/mol. The van der Waals surface area contributed by atoms with E-state index in [2.05, 4.69) is 5.32 Å². The molecule has 0 aliphatic heterocycles. The molecule has 2 N–H and O–H groups in total. The zero-order valence-electron chi connectivity index (χ0n) is 10.7. The molecule has 0 amide bonds. The number of nitriles is 1. The minimum absolute atomic E-state index is 0.238. The van der Waals surface area contributed by atoms with E-state index in [0.717, 1.165) is 31.4 Å². The van der Waals surface area contributed by atoms with Crippen LogP contribution in [0.1, 0.15) is 36.8 Å². The predicted molar refractivity (Wildman–Crippen MR) is 68.0 cm³/mol. The van der Waals surface area contributed by atoms with E-state index in [4.69, 9.17) is 5.26 Å². The highest BCUT2D eigenvalue weighted by Crippen LogP contribution is 2.34. The number of aliphatic hydroxyl groups is 1. The second kappa shape index (κ2) is 5.71. The molecule has 1 aliphatic rings. The van der Waals surface area contributed by atoms with Crippen molar-refractivity contribution in [2.45, 2.75) is 44.0 Å². The number of nitrogens with zero attached hydrogens (tertiary/aromatic N) is 1. The van der Waals surface area contributed by atoms with Gasteiger partial charge in [-0.1, -0.05) is 12.8 Å².